The van der Waals surface area contributed by atoms with Crippen molar-refractivity contribution >= 4 is 0 Å². The molecule has 11 heavy (non-hydrogen) atoms. The van der Waals surface area contributed by atoms with Crippen LogP contribution in [0.2, 0.25) is 0 Å². The Morgan fingerprint density at radius 2 is 1.82 bits per heavy atom. The van der Waals surface area contributed by atoms with Gasteiger partial charge in [0.05, 0.1) is 0 Å². The second-order valence-electron chi connectivity index (χ2n) is 2.04. The van der Waals surface area contributed by atoms with E-state index in [9.17, 15) is 0 Å². The maximum Gasteiger partial charge on any atom is -0.0311 e. The van der Waals surface area contributed by atoms with E-state index < -0.39 is 0 Å². The van der Waals surface area contributed by atoms with Crippen LogP contribution < -0.4 is 0 Å². The second-order valence-corrected chi connectivity index (χ2v) is 2.04. The fourth-order valence-electron chi connectivity index (χ4n) is 0.573. The van der Waals surface area contributed by atoms with Gasteiger partial charge in [0.1, 0.15) is 0 Å². The van der Waals surface area contributed by atoms with Crippen LogP contribution in [0.3, 0.4) is 0 Å². The molecule has 0 aliphatic heterocycles. The highest BCUT2D eigenvalue weighted by Crippen LogP contribution is 2.09. The molecular weight excluding hydrogens is 132 g/mol. The van der Waals surface area contributed by atoms with Crippen molar-refractivity contribution in [3.63, 3.8) is 0 Å². The van der Waals surface area contributed by atoms with Gasteiger partial charge in [0.2, 0.25) is 0 Å². The molecule has 0 aliphatic carbocycles. The molecule has 0 saturated carbocycles. The molecule has 0 bridgehead atoms. The van der Waals surface area contributed by atoms with Crippen LogP contribution in [0.25, 0.3) is 0 Å². The molecule has 0 saturated heterocycles. The largest absolute Gasteiger partial charge is 0.0991 e. The van der Waals surface area contributed by atoms with Gasteiger partial charge in [-0.05, 0) is 18.9 Å². The maximum atomic E-state index is 3.88. The molecule has 0 spiro atoms. The average molecular weight is 152 g/mol. The second kappa shape index (κ2) is 9.22. The lowest BCUT2D eigenvalue weighted by Crippen LogP contribution is -1.78. The predicted octanol–water partition coefficient (Wildman–Crippen LogP) is 4.11. The number of hydrogen-bond acceptors (Lipinski definition) is 0. The van der Waals surface area contributed by atoms with Gasteiger partial charge < -0.3 is 0 Å². The molecule has 0 aromatic rings. The predicted molar refractivity (Wildman–Crippen MR) is 54.7 cm³/mol. The molecule has 0 fully saturated rings. The van der Waals surface area contributed by atoms with E-state index in [1.165, 1.54) is 11.1 Å². The van der Waals surface area contributed by atoms with Crippen LogP contribution in [0.15, 0.2) is 36.5 Å². The molecule has 0 amide bonds. The van der Waals surface area contributed by atoms with Crippen molar-refractivity contribution in [2.75, 3.05) is 0 Å². The summed E-state index contributed by atoms with van der Waals surface area (Å²) in [7, 11) is 0. The van der Waals surface area contributed by atoms with E-state index in [2.05, 4.69) is 20.1 Å². The Morgan fingerprint density at radius 1 is 1.36 bits per heavy atom. The molecule has 0 aromatic carbocycles. The highest BCUT2D eigenvalue weighted by Gasteiger charge is 1.88. The lowest BCUT2D eigenvalue weighted by Gasteiger charge is -1.98. The minimum Gasteiger partial charge on any atom is -0.0991 e. The first-order chi connectivity index (χ1) is 5.22. The zero-order chi connectivity index (χ0) is 9.28. The first-order valence-corrected chi connectivity index (χ1v) is 4.19. The Balaban J connectivity index is 0. The molecule has 0 heterocycles. The standard InChI is InChI=1S/C9H14.C2H6/c1-5-7-9(4)8(3)6-2;1-2/h5,7H,1,3,6H2,2,4H3;1-2H3/b9-7-;. The Bertz CT molecular complexity index is 138. The third kappa shape index (κ3) is 7.11. The van der Waals surface area contributed by atoms with Crippen molar-refractivity contribution in [3.8, 4) is 0 Å². The topological polar surface area (TPSA) is 0 Å². The number of hydrogen-bond donors (Lipinski definition) is 0. The van der Waals surface area contributed by atoms with Crippen LogP contribution in [0.1, 0.15) is 34.1 Å². The van der Waals surface area contributed by atoms with E-state index in [1.54, 1.807) is 6.08 Å². The summed E-state index contributed by atoms with van der Waals surface area (Å²) in [5, 5.41) is 0. The number of rotatable bonds is 3. The highest BCUT2D eigenvalue weighted by atomic mass is 13.9. The van der Waals surface area contributed by atoms with Crippen LogP contribution in [-0.2, 0) is 0 Å². The Morgan fingerprint density at radius 3 is 2.09 bits per heavy atom. The molecule has 0 nitrogen and oxygen atoms in total. The van der Waals surface area contributed by atoms with Gasteiger partial charge in [-0.3, -0.25) is 0 Å². The zero-order valence-electron chi connectivity index (χ0n) is 8.28. The van der Waals surface area contributed by atoms with Gasteiger partial charge in [-0.2, -0.15) is 0 Å². The van der Waals surface area contributed by atoms with E-state index in [4.69, 9.17) is 0 Å². The van der Waals surface area contributed by atoms with E-state index in [-0.39, 0.29) is 0 Å². The smallest absolute Gasteiger partial charge is 0.0311 e. The minimum atomic E-state index is 1.02. The van der Waals surface area contributed by atoms with Crippen molar-refractivity contribution in [1.29, 1.82) is 0 Å². The summed E-state index contributed by atoms with van der Waals surface area (Å²) in [6.45, 7) is 15.6. The number of allylic oxidation sites excluding steroid dienone is 4. The quantitative estimate of drug-likeness (QED) is 0.534. The van der Waals surface area contributed by atoms with Crippen molar-refractivity contribution in [2.45, 2.75) is 34.1 Å². The first-order valence-electron chi connectivity index (χ1n) is 4.19. The summed E-state index contributed by atoms with van der Waals surface area (Å²) in [6.07, 6.45) is 4.79. The van der Waals surface area contributed by atoms with Crippen LogP contribution in [0.5, 0.6) is 0 Å². The van der Waals surface area contributed by atoms with Gasteiger partial charge in [-0.1, -0.05) is 51.7 Å². The summed E-state index contributed by atoms with van der Waals surface area (Å²) >= 11 is 0. The Kier molecular flexibility index (Phi) is 10.8. The molecular formula is C11H20. The molecule has 0 heteroatoms. The molecule has 0 atom stereocenters. The lowest BCUT2D eigenvalue weighted by atomic mass is 10.1. The lowest BCUT2D eigenvalue weighted by molar-refractivity contribution is 1.11. The maximum absolute atomic E-state index is 3.88. The van der Waals surface area contributed by atoms with Crippen molar-refractivity contribution in [2.24, 2.45) is 0 Å². The van der Waals surface area contributed by atoms with Crippen LogP contribution in [-0.4, -0.2) is 0 Å². The normalized spacial score (nSPS) is 9.64. The van der Waals surface area contributed by atoms with Crippen molar-refractivity contribution in [3.05, 3.63) is 36.5 Å². The third-order valence-corrected chi connectivity index (χ3v) is 1.35. The van der Waals surface area contributed by atoms with Gasteiger partial charge in [0.25, 0.3) is 0 Å². The summed E-state index contributed by atoms with van der Waals surface area (Å²) in [4.78, 5) is 0. The Hall–Kier alpha value is -0.780. The van der Waals surface area contributed by atoms with Crippen LogP contribution >= 0.6 is 0 Å². The van der Waals surface area contributed by atoms with Gasteiger partial charge in [-0.25, -0.2) is 0 Å². The molecule has 0 radical (unpaired) electrons. The molecule has 0 N–H and O–H groups in total. The average Bonchev–Trinajstić information content (AvgIpc) is 2.07. The fourth-order valence-corrected chi connectivity index (χ4v) is 0.573. The minimum absolute atomic E-state index is 1.02. The molecule has 64 valence electrons. The molecule has 0 aliphatic rings. The third-order valence-electron chi connectivity index (χ3n) is 1.35. The van der Waals surface area contributed by atoms with Crippen molar-refractivity contribution < 1.29 is 0 Å². The van der Waals surface area contributed by atoms with Gasteiger partial charge >= 0.3 is 0 Å². The first kappa shape index (κ1) is 12.9. The fraction of sp³-hybridized carbons (Fsp3) is 0.455. The molecule has 0 unspecified atom stereocenters. The molecule has 0 aromatic heterocycles. The molecule has 0 rings (SSSR count). The highest BCUT2D eigenvalue weighted by molar-refractivity contribution is 5.28. The summed E-state index contributed by atoms with van der Waals surface area (Å²) in [6, 6.07) is 0. The van der Waals surface area contributed by atoms with Crippen LogP contribution in [0.4, 0.5) is 0 Å². The van der Waals surface area contributed by atoms with Crippen LogP contribution in [0, 0.1) is 0 Å². The Labute approximate surface area is 71.3 Å². The van der Waals surface area contributed by atoms with Gasteiger partial charge in [0.15, 0.2) is 0 Å². The van der Waals surface area contributed by atoms with E-state index in [0.29, 0.717) is 0 Å². The van der Waals surface area contributed by atoms with E-state index in [1.807, 2.05) is 26.8 Å². The SMILES string of the molecule is C=C/C=C(/C)C(=C)CC.CC. The van der Waals surface area contributed by atoms with Gasteiger partial charge in [0, 0.05) is 0 Å². The van der Waals surface area contributed by atoms with Crippen molar-refractivity contribution in [1.82, 2.24) is 0 Å². The van der Waals surface area contributed by atoms with E-state index in [0.717, 1.165) is 6.42 Å². The monoisotopic (exact) mass is 152 g/mol. The zero-order valence-corrected chi connectivity index (χ0v) is 8.28. The summed E-state index contributed by atoms with van der Waals surface area (Å²) in [5.41, 5.74) is 2.42. The van der Waals surface area contributed by atoms with E-state index >= 15 is 0 Å². The summed E-state index contributed by atoms with van der Waals surface area (Å²) in [5.74, 6) is 0. The van der Waals surface area contributed by atoms with Gasteiger partial charge in [-0.15, -0.1) is 0 Å². The summed E-state index contributed by atoms with van der Waals surface area (Å²) < 4.78 is 0.